The number of imidazole rings is 1. The number of thiophene rings is 1. The molecule has 0 unspecified atom stereocenters. The highest BCUT2D eigenvalue weighted by atomic mass is 32.1. The largest absolute Gasteiger partial charge is 0.337 e. The molecule has 1 fully saturated rings. The summed E-state index contributed by atoms with van der Waals surface area (Å²) >= 11 is 1.57. The Morgan fingerprint density at radius 3 is 3.00 bits per heavy atom. The average molecular weight is 340 g/mol. The van der Waals surface area contributed by atoms with Gasteiger partial charge < -0.3 is 9.47 Å². The Morgan fingerprint density at radius 1 is 1.38 bits per heavy atom. The van der Waals surface area contributed by atoms with Gasteiger partial charge in [0.1, 0.15) is 11.3 Å². The van der Waals surface area contributed by atoms with E-state index in [4.69, 9.17) is 4.98 Å². The van der Waals surface area contributed by atoms with Crippen LogP contribution in [0, 0.1) is 6.92 Å². The van der Waals surface area contributed by atoms with Gasteiger partial charge in [-0.1, -0.05) is 0 Å². The summed E-state index contributed by atoms with van der Waals surface area (Å²) in [6, 6.07) is 7.86. The number of aromatic nitrogens is 3. The van der Waals surface area contributed by atoms with Crippen LogP contribution in [0.2, 0.25) is 0 Å². The Balaban J connectivity index is 1.60. The van der Waals surface area contributed by atoms with Crippen LogP contribution in [0.1, 0.15) is 39.6 Å². The number of pyridine rings is 1. The van der Waals surface area contributed by atoms with E-state index in [1.165, 1.54) is 4.88 Å². The predicted octanol–water partition coefficient (Wildman–Crippen LogP) is 3.45. The predicted molar refractivity (Wildman–Crippen MR) is 95.5 cm³/mol. The minimum absolute atomic E-state index is 0.146. The molecule has 0 aromatic carbocycles. The first kappa shape index (κ1) is 15.3. The van der Waals surface area contributed by atoms with Crippen LogP contribution in [-0.2, 0) is 6.54 Å². The van der Waals surface area contributed by atoms with Crippen LogP contribution in [0.15, 0.2) is 30.5 Å². The highest BCUT2D eigenvalue weighted by molar-refractivity contribution is 7.13. The molecule has 3 aromatic heterocycles. The summed E-state index contributed by atoms with van der Waals surface area (Å²) < 4.78 is 2.18. The fourth-order valence-corrected chi connectivity index (χ4v) is 4.30. The van der Waals surface area contributed by atoms with Crippen molar-refractivity contribution in [2.45, 2.75) is 32.7 Å². The van der Waals surface area contributed by atoms with Gasteiger partial charge in [0.15, 0.2) is 5.65 Å². The van der Waals surface area contributed by atoms with Crippen LogP contribution in [0.3, 0.4) is 0 Å². The first-order valence-corrected chi connectivity index (χ1v) is 9.16. The van der Waals surface area contributed by atoms with E-state index in [1.54, 1.807) is 11.3 Å². The zero-order valence-electron chi connectivity index (χ0n) is 13.9. The molecule has 1 aliphatic rings. The summed E-state index contributed by atoms with van der Waals surface area (Å²) in [4.78, 5) is 25.9. The summed E-state index contributed by atoms with van der Waals surface area (Å²) in [5.74, 6) is 1.49. The number of carbonyl (C=O) groups is 1. The van der Waals surface area contributed by atoms with Crippen LogP contribution < -0.4 is 0 Å². The number of carbonyl (C=O) groups excluding carboxylic acids is 1. The van der Waals surface area contributed by atoms with Crippen molar-refractivity contribution < 1.29 is 4.79 Å². The van der Waals surface area contributed by atoms with Gasteiger partial charge in [0.05, 0.1) is 4.88 Å². The maximum absolute atomic E-state index is 12.7. The third-order valence-electron chi connectivity index (χ3n) is 4.64. The van der Waals surface area contributed by atoms with Crippen LogP contribution in [-0.4, -0.2) is 38.4 Å². The van der Waals surface area contributed by atoms with Crippen molar-refractivity contribution in [3.8, 4) is 0 Å². The third-order valence-corrected chi connectivity index (χ3v) is 5.63. The number of hydrogen-bond acceptors (Lipinski definition) is 4. The van der Waals surface area contributed by atoms with Gasteiger partial charge in [-0.15, -0.1) is 11.3 Å². The smallest absolute Gasteiger partial charge is 0.263 e. The molecule has 5 nitrogen and oxygen atoms in total. The zero-order chi connectivity index (χ0) is 16.7. The first-order valence-electron chi connectivity index (χ1n) is 8.34. The monoisotopic (exact) mass is 340 g/mol. The van der Waals surface area contributed by atoms with E-state index in [0.717, 1.165) is 47.9 Å². The molecule has 0 bridgehead atoms. The SMILES string of the molecule is CCn1c([C@@H]2CCN(C(=O)c3ccc(C)s3)C2)nc2cccnc21. The lowest BCUT2D eigenvalue weighted by molar-refractivity contribution is 0.0795. The highest BCUT2D eigenvalue weighted by Gasteiger charge is 2.31. The molecule has 1 amide bonds. The summed E-state index contributed by atoms with van der Waals surface area (Å²) in [6.07, 6.45) is 2.77. The zero-order valence-corrected chi connectivity index (χ0v) is 14.7. The van der Waals surface area contributed by atoms with Crippen molar-refractivity contribution in [3.05, 3.63) is 46.0 Å². The lowest BCUT2D eigenvalue weighted by Gasteiger charge is -2.16. The van der Waals surface area contributed by atoms with Gasteiger partial charge in [-0.3, -0.25) is 4.79 Å². The van der Waals surface area contributed by atoms with E-state index in [-0.39, 0.29) is 11.8 Å². The molecule has 0 N–H and O–H groups in total. The number of fused-ring (bicyclic) bond motifs is 1. The van der Waals surface area contributed by atoms with Crippen molar-refractivity contribution in [1.82, 2.24) is 19.4 Å². The van der Waals surface area contributed by atoms with E-state index >= 15 is 0 Å². The number of likely N-dealkylation sites (tertiary alicyclic amines) is 1. The van der Waals surface area contributed by atoms with Crippen LogP contribution in [0.4, 0.5) is 0 Å². The topological polar surface area (TPSA) is 51.0 Å². The van der Waals surface area contributed by atoms with E-state index in [2.05, 4.69) is 16.5 Å². The lowest BCUT2D eigenvalue weighted by atomic mass is 10.1. The fourth-order valence-electron chi connectivity index (χ4n) is 3.46. The molecule has 3 aromatic rings. The van der Waals surface area contributed by atoms with Crippen molar-refractivity contribution in [2.24, 2.45) is 0 Å². The Bertz CT molecular complexity index is 897. The molecule has 1 atom stereocenters. The first-order chi connectivity index (χ1) is 11.7. The van der Waals surface area contributed by atoms with Gasteiger partial charge in [0.25, 0.3) is 5.91 Å². The van der Waals surface area contributed by atoms with Crippen molar-refractivity contribution >= 4 is 28.4 Å². The molecule has 1 saturated heterocycles. The molecule has 0 spiro atoms. The van der Waals surface area contributed by atoms with Crippen LogP contribution in [0.5, 0.6) is 0 Å². The second-order valence-corrected chi connectivity index (χ2v) is 7.50. The summed E-state index contributed by atoms with van der Waals surface area (Å²) in [5.41, 5.74) is 1.88. The number of nitrogens with zero attached hydrogens (tertiary/aromatic N) is 4. The molecule has 1 aliphatic heterocycles. The second-order valence-electron chi connectivity index (χ2n) is 6.21. The Labute approximate surface area is 145 Å². The Morgan fingerprint density at radius 2 is 2.25 bits per heavy atom. The van der Waals surface area contributed by atoms with Gasteiger partial charge >= 0.3 is 0 Å². The number of rotatable bonds is 3. The molecule has 0 saturated carbocycles. The average Bonchev–Trinajstić information content (AvgIpc) is 3.31. The van der Waals surface area contributed by atoms with Crippen molar-refractivity contribution in [1.29, 1.82) is 0 Å². The number of hydrogen-bond donors (Lipinski definition) is 0. The summed E-state index contributed by atoms with van der Waals surface area (Å²) in [5, 5.41) is 0. The van der Waals surface area contributed by atoms with Crippen LogP contribution >= 0.6 is 11.3 Å². The van der Waals surface area contributed by atoms with Crippen LogP contribution in [0.25, 0.3) is 11.2 Å². The lowest BCUT2D eigenvalue weighted by Crippen LogP contribution is -2.28. The molecule has 4 rings (SSSR count). The number of aryl methyl sites for hydroxylation is 2. The van der Waals surface area contributed by atoms with E-state index < -0.39 is 0 Å². The minimum atomic E-state index is 0.146. The quantitative estimate of drug-likeness (QED) is 0.734. The van der Waals surface area contributed by atoms with E-state index in [1.807, 2.05) is 42.3 Å². The maximum atomic E-state index is 12.7. The van der Waals surface area contributed by atoms with Gasteiger partial charge in [-0.05, 0) is 44.5 Å². The molecule has 4 heterocycles. The number of amides is 1. The third kappa shape index (κ3) is 2.51. The maximum Gasteiger partial charge on any atom is 0.263 e. The summed E-state index contributed by atoms with van der Waals surface area (Å²) in [6.45, 7) is 6.52. The van der Waals surface area contributed by atoms with Crippen molar-refractivity contribution in [2.75, 3.05) is 13.1 Å². The molecular weight excluding hydrogens is 320 g/mol. The minimum Gasteiger partial charge on any atom is -0.337 e. The molecule has 24 heavy (non-hydrogen) atoms. The Kier molecular flexibility index (Phi) is 3.84. The van der Waals surface area contributed by atoms with Gasteiger partial charge in [0, 0.05) is 36.6 Å². The van der Waals surface area contributed by atoms with E-state index in [9.17, 15) is 4.79 Å². The molecule has 0 aliphatic carbocycles. The Hall–Kier alpha value is -2.21. The fraction of sp³-hybridized carbons (Fsp3) is 0.389. The van der Waals surface area contributed by atoms with Crippen molar-refractivity contribution in [3.63, 3.8) is 0 Å². The second kappa shape index (κ2) is 6.02. The molecular formula is C18H20N4OS. The standard InChI is InChI=1S/C18H20N4OS/c1-3-22-16(20-14-5-4-9-19-17(14)22)13-8-10-21(11-13)18(23)15-7-6-12(2)24-15/h4-7,9,13H,3,8,10-11H2,1-2H3/t13-/m1/s1. The van der Waals surface area contributed by atoms with Gasteiger partial charge in [0.2, 0.25) is 0 Å². The molecule has 124 valence electrons. The molecule has 6 heteroatoms. The normalized spacial score (nSPS) is 17.8. The van der Waals surface area contributed by atoms with E-state index in [0.29, 0.717) is 0 Å². The molecule has 0 radical (unpaired) electrons. The summed E-state index contributed by atoms with van der Waals surface area (Å²) in [7, 11) is 0. The van der Waals surface area contributed by atoms with Gasteiger partial charge in [-0.25, -0.2) is 9.97 Å². The highest BCUT2D eigenvalue weighted by Crippen LogP contribution is 2.30. The van der Waals surface area contributed by atoms with Gasteiger partial charge in [-0.2, -0.15) is 0 Å².